The van der Waals surface area contributed by atoms with Crippen molar-refractivity contribution >= 4 is 90.5 Å². The first-order valence-electron chi connectivity index (χ1n) is 18.0. The molecule has 53 heavy (non-hydrogen) atoms. The molecule has 0 aliphatic carbocycles. The third-order valence-corrected chi connectivity index (χ3v) is 10.5. The van der Waals surface area contributed by atoms with Gasteiger partial charge in [-0.25, -0.2) is 0 Å². The van der Waals surface area contributed by atoms with E-state index < -0.39 is 0 Å². The number of rotatable bonds is 7. The van der Waals surface area contributed by atoms with Crippen LogP contribution in [0.1, 0.15) is 0 Å². The van der Waals surface area contributed by atoms with E-state index in [2.05, 4.69) is 180 Å². The first-order valence-corrected chi connectivity index (χ1v) is 18.0. The van der Waals surface area contributed by atoms with Crippen molar-refractivity contribution in [3.05, 3.63) is 201 Å². The Kier molecular flexibility index (Phi) is 7.19. The normalized spacial score (nSPS) is 13.1. The summed E-state index contributed by atoms with van der Waals surface area (Å²) in [6.07, 6.45) is 5.77. The van der Waals surface area contributed by atoms with E-state index in [9.17, 15) is 0 Å². The summed E-state index contributed by atoms with van der Waals surface area (Å²) in [5.74, 6) is 0. The van der Waals surface area contributed by atoms with Crippen LogP contribution in [0.4, 0.5) is 45.5 Å². The molecule has 0 radical (unpaired) electrons. The van der Waals surface area contributed by atoms with E-state index in [0.717, 1.165) is 73.1 Å². The Bertz CT molecular complexity index is 2700. The van der Waals surface area contributed by atoms with Crippen LogP contribution >= 0.6 is 0 Å². The summed E-state index contributed by atoms with van der Waals surface area (Å²) in [4.78, 5) is 7.09. The minimum Gasteiger partial charge on any atom is -0.456 e. The number of allylic oxidation sites excluding steroid dienone is 3. The molecule has 0 spiro atoms. The SMILES string of the molecule is C=C/C=C(\C=C)N1c2cc3oc4ccccc4c3cc2B2c3ccc(N(c4ccccc4)c4ccccc4)cc3N(c3ccccc3)c3cccc1c32. The van der Waals surface area contributed by atoms with Crippen molar-refractivity contribution in [2.24, 2.45) is 0 Å². The summed E-state index contributed by atoms with van der Waals surface area (Å²) in [6, 6.07) is 58.5. The summed E-state index contributed by atoms with van der Waals surface area (Å²) >= 11 is 0. The van der Waals surface area contributed by atoms with Crippen LogP contribution < -0.4 is 31.1 Å². The summed E-state index contributed by atoms with van der Waals surface area (Å²) < 4.78 is 6.50. The highest BCUT2D eigenvalue weighted by atomic mass is 16.3. The van der Waals surface area contributed by atoms with Crippen LogP contribution in [0.5, 0.6) is 0 Å². The molecule has 5 heteroatoms. The van der Waals surface area contributed by atoms with Crippen molar-refractivity contribution < 1.29 is 4.42 Å². The fraction of sp³-hybridized carbons (Fsp3) is 0. The van der Waals surface area contributed by atoms with Crippen molar-refractivity contribution in [1.29, 1.82) is 0 Å². The maximum Gasteiger partial charge on any atom is 0.252 e. The first kappa shape index (κ1) is 30.8. The maximum atomic E-state index is 6.50. The second-order valence-corrected chi connectivity index (χ2v) is 13.4. The quantitative estimate of drug-likeness (QED) is 0.124. The van der Waals surface area contributed by atoms with Gasteiger partial charge in [0, 0.05) is 68.0 Å². The third kappa shape index (κ3) is 4.78. The van der Waals surface area contributed by atoms with Crippen LogP contribution in [-0.4, -0.2) is 6.71 Å². The number of benzene rings is 7. The number of nitrogens with zero attached hydrogens (tertiary/aromatic N) is 3. The molecule has 1 aromatic heterocycles. The molecule has 0 saturated carbocycles. The molecule has 0 bridgehead atoms. The monoisotopic (exact) mass is 679 g/mol. The molecule has 2 aliphatic rings. The molecule has 10 rings (SSSR count). The van der Waals surface area contributed by atoms with Gasteiger partial charge < -0.3 is 19.1 Å². The largest absolute Gasteiger partial charge is 0.456 e. The Morgan fingerprint density at radius 3 is 1.94 bits per heavy atom. The molecule has 0 unspecified atom stereocenters. The van der Waals surface area contributed by atoms with Gasteiger partial charge >= 0.3 is 0 Å². The molecule has 0 atom stereocenters. The lowest BCUT2D eigenvalue weighted by atomic mass is 9.33. The van der Waals surface area contributed by atoms with Crippen LogP contribution in [0, 0.1) is 0 Å². The lowest BCUT2D eigenvalue weighted by molar-refractivity contribution is 0.669. The third-order valence-electron chi connectivity index (χ3n) is 10.5. The van der Waals surface area contributed by atoms with Gasteiger partial charge in [0.15, 0.2) is 0 Å². The average molecular weight is 680 g/mol. The minimum atomic E-state index is -0.0498. The molecule has 0 fully saturated rings. The number of para-hydroxylation sites is 4. The highest BCUT2D eigenvalue weighted by Crippen LogP contribution is 2.45. The van der Waals surface area contributed by atoms with Crippen molar-refractivity contribution in [3.63, 3.8) is 0 Å². The van der Waals surface area contributed by atoms with E-state index >= 15 is 0 Å². The van der Waals surface area contributed by atoms with Gasteiger partial charge in [0.1, 0.15) is 11.2 Å². The van der Waals surface area contributed by atoms with Gasteiger partial charge in [-0.1, -0.05) is 110 Å². The molecular weight excluding hydrogens is 645 g/mol. The van der Waals surface area contributed by atoms with E-state index in [0.29, 0.717) is 0 Å². The zero-order valence-corrected chi connectivity index (χ0v) is 29.1. The number of hydrogen-bond donors (Lipinski definition) is 0. The average Bonchev–Trinajstić information content (AvgIpc) is 3.58. The van der Waals surface area contributed by atoms with E-state index in [1.54, 1.807) is 0 Å². The summed E-state index contributed by atoms with van der Waals surface area (Å²) in [6.45, 7) is 8.26. The van der Waals surface area contributed by atoms with Gasteiger partial charge in [-0.3, -0.25) is 0 Å². The second-order valence-electron chi connectivity index (χ2n) is 13.4. The molecule has 250 valence electrons. The smallest absolute Gasteiger partial charge is 0.252 e. The highest BCUT2D eigenvalue weighted by Gasteiger charge is 2.44. The van der Waals surface area contributed by atoms with Gasteiger partial charge in [-0.2, -0.15) is 0 Å². The standard InChI is InChI=1S/C48H34BN3O/c1-3-17-33(4-2)51-42-25-16-26-43-48(42)49(41-31-39-38-24-14-15-27-46(38)53-47(39)32-45(41)51)40-29-28-37(30-44(40)52(43)36-22-12-7-13-23-36)50(34-18-8-5-9-19-34)35-20-10-6-11-21-35/h3-32H,1-2H2/b33-17+. The van der Waals surface area contributed by atoms with Gasteiger partial charge in [0.05, 0.1) is 0 Å². The van der Waals surface area contributed by atoms with Crippen LogP contribution in [0.25, 0.3) is 21.9 Å². The van der Waals surface area contributed by atoms with Gasteiger partial charge in [-0.05, 0) is 95.3 Å². The second kappa shape index (κ2) is 12.4. The molecule has 0 saturated heterocycles. The van der Waals surface area contributed by atoms with Gasteiger partial charge in [-0.15, -0.1) is 0 Å². The first-order chi connectivity index (χ1) is 26.2. The summed E-state index contributed by atoms with van der Waals surface area (Å²) in [5, 5.41) is 2.22. The number of furan rings is 1. The van der Waals surface area contributed by atoms with Crippen molar-refractivity contribution in [3.8, 4) is 0 Å². The molecule has 7 aromatic carbocycles. The van der Waals surface area contributed by atoms with Crippen LogP contribution in [-0.2, 0) is 0 Å². The Morgan fingerprint density at radius 2 is 1.23 bits per heavy atom. The zero-order chi connectivity index (χ0) is 35.5. The predicted octanol–water partition coefficient (Wildman–Crippen LogP) is 11.1. The van der Waals surface area contributed by atoms with Crippen LogP contribution in [0.3, 0.4) is 0 Å². The molecule has 2 aliphatic heterocycles. The minimum absolute atomic E-state index is 0.0498. The van der Waals surface area contributed by atoms with Crippen LogP contribution in [0.15, 0.2) is 205 Å². The fourth-order valence-corrected chi connectivity index (χ4v) is 8.37. The Morgan fingerprint density at radius 1 is 0.547 bits per heavy atom. The zero-order valence-electron chi connectivity index (χ0n) is 29.1. The lowest BCUT2D eigenvalue weighted by Crippen LogP contribution is -2.61. The summed E-state index contributed by atoms with van der Waals surface area (Å²) in [7, 11) is 0. The molecule has 4 nitrogen and oxygen atoms in total. The molecule has 0 amide bonds. The van der Waals surface area contributed by atoms with E-state index in [1.807, 2.05) is 30.4 Å². The molecule has 0 N–H and O–H groups in total. The predicted molar refractivity (Wildman–Crippen MR) is 225 cm³/mol. The van der Waals surface area contributed by atoms with Crippen LogP contribution in [0.2, 0.25) is 0 Å². The topological polar surface area (TPSA) is 22.9 Å². The van der Waals surface area contributed by atoms with Crippen molar-refractivity contribution in [1.82, 2.24) is 0 Å². The number of fused-ring (bicyclic) bond motifs is 7. The van der Waals surface area contributed by atoms with Gasteiger partial charge in [0.25, 0.3) is 6.71 Å². The van der Waals surface area contributed by atoms with Crippen molar-refractivity contribution in [2.75, 3.05) is 14.7 Å². The lowest BCUT2D eigenvalue weighted by Gasteiger charge is -2.44. The van der Waals surface area contributed by atoms with E-state index in [1.165, 1.54) is 16.4 Å². The van der Waals surface area contributed by atoms with E-state index in [-0.39, 0.29) is 6.71 Å². The Labute approximate surface area is 309 Å². The van der Waals surface area contributed by atoms with Crippen molar-refractivity contribution in [2.45, 2.75) is 0 Å². The Hall–Kier alpha value is -6.98. The molecular formula is C48H34BN3O. The molecule has 3 heterocycles. The van der Waals surface area contributed by atoms with E-state index in [4.69, 9.17) is 4.42 Å². The maximum absolute atomic E-state index is 6.50. The van der Waals surface area contributed by atoms with Gasteiger partial charge in [0.2, 0.25) is 0 Å². The number of anilines is 8. The fourth-order valence-electron chi connectivity index (χ4n) is 8.37. The Balaban J connectivity index is 1.29. The highest BCUT2D eigenvalue weighted by molar-refractivity contribution is 7.00. The summed E-state index contributed by atoms with van der Waals surface area (Å²) in [5.41, 5.74) is 15.2. The number of hydrogen-bond acceptors (Lipinski definition) is 4. The molecule has 8 aromatic rings.